The lowest BCUT2D eigenvalue weighted by atomic mass is 10.2. The van der Waals surface area contributed by atoms with Gasteiger partial charge in [-0.05, 0) is 26.2 Å². The summed E-state index contributed by atoms with van der Waals surface area (Å²) in [6.45, 7) is 4.85. The highest BCUT2D eigenvalue weighted by molar-refractivity contribution is 5.38. The number of rotatable bonds is 8. The molecule has 1 unspecified atom stereocenters. The third kappa shape index (κ3) is 4.31. The van der Waals surface area contributed by atoms with E-state index in [4.69, 9.17) is 14.2 Å². The molecule has 0 aromatic carbocycles. The maximum absolute atomic E-state index is 5.64. The van der Waals surface area contributed by atoms with Crippen molar-refractivity contribution in [1.29, 1.82) is 0 Å². The van der Waals surface area contributed by atoms with Crippen LogP contribution < -0.4 is 10.1 Å². The summed E-state index contributed by atoms with van der Waals surface area (Å²) < 4.78 is 16.2. The minimum Gasteiger partial charge on any atom is -0.478 e. The molecule has 6 heteroatoms. The number of ether oxygens (including phenoxy) is 3. The lowest BCUT2D eigenvalue weighted by Gasteiger charge is -2.13. The van der Waals surface area contributed by atoms with Crippen LogP contribution in [0.15, 0.2) is 6.07 Å². The Morgan fingerprint density at radius 3 is 3.05 bits per heavy atom. The van der Waals surface area contributed by atoms with Gasteiger partial charge in [0.25, 0.3) is 0 Å². The summed E-state index contributed by atoms with van der Waals surface area (Å²) in [6.07, 6.45) is 2.96. The molecule has 0 saturated carbocycles. The quantitative estimate of drug-likeness (QED) is 0.737. The third-order valence-electron chi connectivity index (χ3n) is 3.06. The molecule has 20 heavy (non-hydrogen) atoms. The van der Waals surface area contributed by atoms with Crippen molar-refractivity contribution < 1.29 is 14.2 Å². The van der Waals surface area contributed by atoms with E-state index in [9.17, 15) is 0 Å². The van der Waals surface area contributed by atoms with Crippen LogP contribution in [0.25, 0.3) is 0 Å². The van der Waals surface area contributed by atoms with Crippen LogP contribution in [0.5, 0.6) is 5.88 Å². The fourth-order valence-electron chi connectivity index (χ4n) is 2.11. The van der Waals surface area contributed by atoms with Crippen LogP contribution in [0.4, 0.5) is 5.82 Å². The monoisotopic (exact) mass is 281 g/mol. The zero-order valence-corrected chi connectivity index (χ0v) is 12.2. The van der Waals surface area contributed by atoms with Crippen molar-refractivity contribution in [1.82, 2.24) is 9.97 Å². The SMILES string of the molecule is CCOc1cc(NCCCOC)nc(C2CCCO2)n1. The molecule has 1 fully saturated rings. The Bertz CT molecular complexity index is 409. The van der Waals surface area contributed by atoms with Gasteiger partial charge >= 0.3 is 0 Å². The van der Waals surface area contributed by atoms with E-state index in [1.807, 2.05) is 13.0 Å². The second-order valence-electron chi connectivity index (χ2n) is 4.66. The summed E-state index contributed by atoms with van der Waals surface area (Å²) in [6, 6.07) is 1.83. The maximum atomic E-state index is 5.64. The molecule has 1 aliphatic rings. The van der Waals surface area contributed by atoms with Crippen LogP contribution in [0, 0.1) is 0 Å². The summed E-state index contributed by atoms with van der Waals surface area (Å²) in [5, 5.41) is 3.28. The van der Waals surface area contributed by atoms with Gasteiger partial charge in [-0.15, -0.1) is 0 Å². The van der Waals surface area contributed by atoms with Crippen LogP contribution in [-0.4, -0.2) is 43.4 Å². The van der Waals surface area contributed by atoms with Crippen LogP contribution in [0.3, 0.4) is 0 Å². The van der Waals surface area contributed by atoms with Crippen molar-refractivity contribution >= 4 is 5.82 Å². The van der Waals surface area contributed by atoms with E-state index in [1.165, 1.54) is 0 Å². The molecule has 0 bridgehead atoms. The maximum Gasteiger partial charge on any atom is 0.218 e. The molecule has 1 saturated heterocycles. The first-order valence-corrected chi connectivity index (χ1v) is 7.19. The van der Waals surface area contributed by atoms with Crippen LogP contribution >= 0.6 is 0 Å². The van der Waals surface area contributed by atoms with Gasteiger partial charge in [0.05, 0.1) is 6.61 Å². The fraction of sp³-hybridized carbons (Fsp3) is 0.714. The van der Waals surface area contributed by atoms with Gasteiger partial charge in [-0.2, -0.15) is 4.98 Å². The number of nitrogens with one attached hydrogen (secondary N) is 1. The van der Waals surface area contributed by atoms with Crippen LogP contribution in [-0.2, 0) is 9.47 Å². The van der Waals surface area contributed by atoms with E-state index >= 15 is 0 Å². The Morgan fingerprint density at radius 1 is 1.45 bits per heavy atom. The number of methoxy groups -OCH3 is 1. The molecule has 1 aromatic rings. The average molecular weight is 281 g/mol. The average Bonchev–Trinajstić information content (AvgIpc) is 2.98. The molecule has 1 N–H and O–H groups in total. The standard InChI is InChI=1S/C14H23N3O3/c1-3-19-13-10-12(15-7-5-8-18-2)16-14(17-13)11-6-4-9-20-11/h10-11H,3-9H2,1-2H3,(H,15,16,17). The first-order valence-electron chi connectivity index (χ1n) is 7.19. The van der Waals surface area contributed by atoms with Gasteiger partial charge < -0.3 is 19.5 Å². The first kappa shape index (κ1) is 15.0. The number of hydrogen-bond donors (Lipinski definition) is 1. The van der Waals surface area contributed by atoms with Crippen molar-refractivity contribution in [2.45, 2.75) is 32.3 Å². The highest BCUT2D eigenvalue weighted by Gasteiger charge is 2.22. The molecule has 2 rings (SSSR count). The predicted octanol–water partition coefficient (Wildman–Crippen LogP) is 2.18. The van der Waals surface area contributed by atoms with Gasteiger partial charge in [-0.25, -0.2) is 4.98 Å². The van der Waals surface area contributed by atoms with Crippen LogP contribution in [0.2, 0.25) is 0 Å². The van der Waals surface area contributed by atoms with E-state index in [1.54, 1.807) is 7.11 Å². The fourth-order valence-corrected chi connectivity index (χ4v) is 2.11. The topological polar surface area (TPSA) is 65.5 Å². The molecular weight excluding hydrogens is 258 g/mol. The Balaban J connectivity index is 2.04. The zero-order valence-electron chi connectivity index (χ0n) is 12.2. The smallest absolute Gasteiger partial charge is 0.218 e. The largest absolute Gasteiger partial charge is 0.478 e. The highest BCUT2D eigenvalue weighted by atomic mass is 16.5. The molecule has 0 spiro atoms. The Kier molecular flexibility index (Phi) is 6.01. The molecule has 0 aliphatic carbocycles. The molecule has 112 valence electrons. The lowest BCUT2D eigenvalue weighted by Crippen LogP contribution is -2.11. The van der Waals surface area contributed by atoms with Crippen molar-refractivity contribution in [3.63, 3.8) is 0 Å². The predicted molar refractivity (Wildman–Crippen MR) is 76.1 cm³/mol. The summed E-state index contributed by atoms with van der Waals surface area (Å²) in [4.78, 5) is 8.95. The highest BCUT2D eigenvalue weighted by Crippen LogP contribution is 2.28. The van der Waals surface area contributed by atoms with Gasteiger partial charge in [0.15, 0.2) is 5.82 Å². The number of nitrogens with zero attached hydrogens (tertiary/aromatic N) is 2. The Labute approximate surface area is 119 Å². The van der Waals surface area contributed by atoms with Crippen molar-refractivity contribution in [3.05, 3.63) is 11.9 Å². The molecular formula is C14H23N3O3. The Morgan fingerprint density at radius 2 is 2.35 bits per heavy atom. The van der Waals surface area contributed by atoms with Gasteiger partial charge in [-0.3, -0.25) is 0 Å². The van der Waals surface area contributed by atoms with Gasteiger partial charge in [0.1, 0.15) is 11.9 Å². The van der Waals surface area contributed by atoms with Gasteiger partial charge in [0, 0.05) is 32.9 Å². The first-order chi connectivity index (χ1) is 9.83. The lowest BCUT2D eigenvalue weighted by molar-refractivity contribution is 0.104. The van der Waals surface area contributed by atoms with Crippen LogP contribution in [0.1, 0.15) is 38.1 Å². The normalized spacial score (nSPS) is 18.2. The molecule has 1 aromatic heterocycles. The van der Waals surface area contributed by atoms with Gasteiger partial charge in [-0.1, -0.05) is 0 Å². The van der Waals surface area contributed by atoms with E-state index in [2.05, 4.69) is 15.3 Å². The molecule has 1 aliphatic heterocycles. The number of hydrogen-bond acceptors (Lipinski definition) is 6. The Hall–Kier alpha value is -1.40. The minimum absolute atomic E-state index is 0.00469. The second kappa shape index (κ2) is 8.01. The molecule has 6 nitrogen and oxygen atoms in total. The summed E-state index contributed by atoms with van der Waals surface area (Å²) in [7, 11) is 1.70. The van der Waals surface area contributed by atoms with E-state index in [-0.39, 0.29) is 6.10 Å². The molecule has 0 amide bonds. The number of anilines is 1. The van der Waals surface area contributed by atoms with Crippen molar-refractivity contribution in [2.24, 2.45) is 0 Å². The summed E-state index contributed by atoms with van der Waals surface area (Å²) in [5.41, 5.74) is 0. The summed E-state index contributed by atoms with van der Waals surface area (Å²) in [5.74, 6) is 2.09. The van der Waals surface area contributed by atoms with Crippen molar-refractivity contribution in [3.8, 4) is 5.88 Å². The molecule has 0 radical (unpaired) electrons. The summed E-state index contributed by atoms with van der Waals surface area (Å²) >= 11 is 0. The number of aromatic nitrogens is 2. The van der Waals surface area contributed by atoms with E-state index in [0.29, 0.717) is 18.3 Å². The van der Waals surface area contributed by atoms with Gasteiger partial charge in [0.2, 0.25) is 5.88 Å². The van der Waals surface area contributed by atoms with Crippen molar-refractivity contribution in [2.75, 3.05) is 38.8 Å². The minimum atomic E-state index is -0.00469. The third-order valence-corrected chi connectivity index (χ3v) is 3.06. The van der Waals surface area contributed by atoms with E-state index < -0.39 is 0 Å². The second-order valence-corrected chi connectivity index (χ2v) is 4.66. The molecule has 1 atom stereocenters. The zero-order chi connectivity index (χ0) is 14.2. The molecule has 2 heterocycles. The van der Waals surface area contributed by atoms with E-state index in [0.717, 1.165) is 44.8 Å².